The fraction of sp³-hybridized carbons (Fsp3) is 0.909. The fourth-order valence-corrected chi connectivity index (χ4v) is 7.18. The van der Waals surface area contributed by atoms with E-state index in [1.54, 1.807) is 0 Å². The summed E-state index contributed by atoms with van der Waals surface area (Å²) in [6.45, 7) is 5.00. The van der Waals surface area contributed by atoms with Crippen LogP contribution in [0.1, 0.15) is 162 Å². The highest BCUT2D eigenvalue weighted by Gasteiger charge is 2.69. The van der Waals surface area contributed by atoms with Gasteiger partial charge in [0.05, 0.1) is 0 Å². The maximum atomic E-state index is 13.9. The third kappa shape index (κ3) is 8.53. The number of piperidine rings is 1. The smallest absolute Gasteiger partial charge is 0.324 e. The molecule has 2 spiro atoms. The van der Waals surface area contributed by atoms with Crippen molar-refractivity contribution >= 4 is 17.8 Å². The first kappa shape index (κ1) is 33.0. The number of nitrogens with one attached hydrogen (secondary N) is 2. The summed E-state index contributed by atoms with van der Waals surface area (Å²) in [5.41, 5.74) is -3.27. The van der Waals surface area contributed by atoms with Crippen LogP contribution in [0.2, 0.25) is 0 Å². The molecule has 2 saturated heterocycles. The van der Waals surface area contributed by atoms with Gasteiger partial charge in [0.15, 0.2) is 5.60 Å². The lowest BCUT2D eigenvalue weighted by molar-refractivity contribution is -0.208. The summed E-state index contributed by atoms with van der Waals surface area (Å²) in [4.78, 5) is 40.4. The summed E-state index contributed by atoms with van der Waals surface area (Å²) in [7, 11) is 0. The van der Waals surface area contributed by atoms with Crippen molar-refractivity contribution in [3.63, 3.8) is 0 Å². The SMILES string of the molecule is CCCCCCCCCCCC(=O)OC(=O)C1(CC)CNCCC12OC1(CCCCCCCCCCC1)NC2=O. The standard InChI is InChI=1S/C33H58N2O5/c1-3-5-6-7-8-10-13-16-19-22-28(36)39-30(38)31(4-2)27-34-26-25-33(31)29(37)35-32(40-33)23-20-17-14-11-9-12-15-18-21-24-32/h34H,3-27H2,1-2H3,(H,35,37). The summed E-state index contributed by atoms with van der Waals surface area (Å²) in [6.07, 6.45) is 23.5. The molecule has 1 amide bonds. The zero-order valence-corrected chi connectivity index (χ0v) is 25.7. The lowest BCUT2D eigenvalue weighted by Crippen LogP contribution is -2.66. The molecule has 7 heteroatoms. The van der Waals surface area contributed by atoms with Crippen LogP contribution in [0.4, 0.5) is 0 Å². The Kier molecular flexibility index (Phi) is 13.9. The highest BCUT2D eigenvalue weighted by atomic mass is 16.6. The molecule has 1 saturated carbocycles. The van der Waals surface area contributed by atoms with Gasteiger partial charge in [0.2, 0.25) is 0 Å². The largest absolute Gasteiger partial charge is 0.393 e. The Labute approximate surface area is 243 Å². The number of carbonyl (C=O) groups is 3. The van der Waals surface area contributed by atoms with E-state index in [0.717, 1.165) is 57.8 Å². The molecule has 0 aromatic carbocycles. The molecule has 3 fully saturated rings. The number of esters is 2. The molecule has 230 valence electrons. The topological polar surface area (TPSA) is 93.7 Å². The van der Waals surface area contributed by atoms with Crippen molar-refractivity contribution in [2.75, 3.05) is 13.1 Å². The van der Waals surface area contributed by atoms with Crippen LogP contribution in [0.25, 0.3) is 0 Å². The summed E-state index contributed by atoms with van der Waals surface area (Å²) < 4.78 is 12.4. The van der Waals surface area contributed by atoms with Gasteiger partial charge in [-0.1, -0.05) is 110 Å². The number of hydrogen-bond acceptors (Lipinski definition) is 6. The van der Waals surface area contributed by atoms with Crippen molar-refractivity contribution in [2.45, 2.75) is 173 Å². The van der Waals surface area contributed by atoms with Crippen molar-refractivity contribution < 1.29 is 23.9 Å². The molecular formula is C33H58N2O5. The van der Waals surface area contributed by atoms with E-state index in [9.17, 15) is 14.4 Å². The first-order chi connectivity index (χ1) is 19.4. The van der Waals surface area contributed by atoms with Crippen LogP contribution in [0, 0.1) is 5.41 Å². The molecule has 2 heterocycles. The third-order valence-electron chi connectivity index (χ3n) is 9.78. The van der Waals surface area contributed by atoms with Crippen LogP contribution < -0.4 is 10.6 Å². The van der Waals surface area contributed by atoms with Gasteiger partial charge in [-0.2, -0.15) is 0 Å². The summed E-state index contributed by atoms with van der Waals surface area (Å²) in [5.74, 6) is -1.30. The first-order valence-corrected chi connectivity index (χ1v) is 16.9. The molecule has 40 heavy (non-hydrogen) atoms. The van der Waals surface area contributed by atoms with E-state index in [0.29, 0.717) is 19.4 Å². The van der Waals surface area contributed by atoms with Crippen LogP contribution >= 0.6 is 0 Å². The summed E-state index contributed by atoms with van der Waals surface area (Å²) >= 11 is 0. The zero-order valence-electron chi connectivity index (χ0n) is 25.7. The monoisotopic (exact) mass is 562 g/mol. The van der Waals surface area contributed by atoms with E-state index >= 15 is 0 Å². The van der Waals surface area contributed by atoms with Crippen molar-refractivity contribution in [3.05, 3.63) is 0 Å². The van der Waals surface area contributed by atoms with Crippen LogP contribution in [0.3, 0.4) is 0 Å². The van der Waals surface area contributed by atoms with Crippen molar-refractivity contribution in [1.29, 1.82) is 0 Å². The van der Waals surface area contributed by atoms with Gasteiger partial charge in [-0.3, -0.25) is 14.4 Å². The maximum Gasteiger partial charge on any atom is 0.324 e. The average molecular weight is 563 g/mol. The molecule has 3 aliphatic rings. The number of rotatable bonds is 12. The van der Waals surface area contributed by atoms with E-state index in [2.05, 4.69) is 17.6 Å². The Morgan fingerprint density at radius 1 is 0.775 bits per heavy atom. The van der Waals surface area contributed by atoms with E-state index < -0.39 is 28.7 Å². The van der Waals surface area contributed by atoms with Gasteiger partial charge >= 0.3 is 11.9 Å². The highest BCUT2D eigenvalue weighted by molar-refractivity contribution is 5.98. The lowest BCUT2D eigenvalue weighted by Gasteiger charge is -2.47. The van der Waals surface area contributed by atoms with Crippen molar-refractivity contribution in [3.8, 4) is 0 Å². The Balaban J connectivity index is 1.61. The van der Waals surface area contributed by atoms with Crippen LogP contribution in [-0.4, -0.2) is 42.3 Å². The normalized spacial score (nSPS) is 27.6. The molecule has 2 aliphatic heterocycles. The highest BCUT2D eigenvalue weighted by Crippen LogP contribution is 2.50. The maximum absolute atomic E-state index is 13.9. The van der Waals surface area contributed by atoms with Gasteiger partial charge in [0.1, 0.15) is 11.1 Å². The number of amides is 1. The fourth-order valence-electron chi connectivity index (χ4n) is 7.18. The van der Waals surface area contributed by atoms with Gasteiger partial charge in [0.25, 0.3) is 5.91 Å². The van der Waals surface area contributed by atoms with Gasteiger partial charge in [-0.25, -0.2) is 0 Å². The number of unbranched alkanes of at least 4 members (excludes halogenated alkanes) is 8. The third-order valence-corrected chi connectivity index (χ3v) is 9.78. The van der Waals surface area contributed by atoms with Gasteiger partial charge < -0.3 is 20.1 Å². The minimum absolute atomic E-state index is 0.203. The predicted octanol–water partition coefficient (Wildman–Crippen LogP) is 7.25. The van der Waals surface area contributed by atoms with Gasteiger partial charge in [-0.15, -0.1) is 0 Å². The minimum atomic E-state index is -1.31. The summed E-state index contributed by atoms with van der Waals surface area (Å²) in [6, 6.07) is 0. The number of carbonyl (C=O) groups excluding carboxylic acids is 3. The van der Waals surface area contributed by atoms with Crippen molar-refractivity contribution in [1.82, 2.24) is 10.6 Å². The molecule has 0 radical (unpaired) electrons. The van der Waals surface area contributed by atoms with Crippen molar-refractivity contribution in [2.24, 2.45) is 5.41 Å². The zero-order chi connectivity index (χ0) is 28.7. The predicted molar refractivity (Wildman–Crippen MR) is 159 cm³/mol. The Morgan fingerprint density at radius 2 is 1.32 bits per heavy atom. The Morgan fingerprint density at radius 3 is 1.90 bits per heavy atom. The number of hydrogen-bond donors (Lipinski definition) is 2. The van der Waals surface area contributed by atoms with E-state index in [-0.39, 0.29) is 18.9 Å². The molecule has 0 aromatic heterocycles. The van der Waals surface area contributed by atoms with Crippen LogP contribution in [0.15, 0.2) is 0 Å². The van der Waals surface area contributed by atoms with Crippen LogP contribution in [0.5, 0.6) is 0 Å². The van der Waals surface area contributed by atoms with Crippen LogP contribution in [-0.2, 0) is 23.9 Å². The molecule has 0 aromatic rings. The molecule has 2 N–H and O–H groups in total. The average Bonchev–Trinajstić information content (AvgIpc) is 3.21. The second kappa shape index (κ2) is 16.8. The second-order valence-corrected chi connectivity index (χ2v) is 12.8. The van der Waals surface area contributed by atoms with Gasteiger partial charge in [0, 0.05) is 13.0 Å². The van der Waals surface area contributed by atoms with Gasteiger partial charge in [-0.05, 0) is 51.5 Å². The molecule has 0 bridgehead atoms. The van der Waals surface area contributed by atoms with E-state index in [4.69, 9.17) is 9.47 Å². The lowest BCUT2D eigenvalue weighted by atomic mass is 9.65. The quantitative estimate of drug-likeness (QED) is 0.148. The molecule has 2 atom stereocenters. The minimum Gasteiger partial charge on any atom is -0.393 e. The molecular weight excluding hydrogens is 504 g/mol. The van der Waals surface area contributed by atoms with E-state index in [1.165, 1.54) is 70.6 Å². The molecule has 2 unspecified atom stereocenters. The number of ether oxygens (including phenoxy) is 2. The Bertz CT molecular complexity index is 790. The van der Waals surface area contributed by atoms with E-state index in [1.807, 2.05) is 6.92 Å². The second-order valence-electron chi connectivity index (χ2n) is 12.8. The molecule has 7 nitrogen and oxygen atoms in total. The Hall–Kier alpha value is -1.47. The molecule has 3 rings (SSSR count). The first-order valence-electron chi connectivity index (χ1n) is 16.9. The summed E-state index contributed by atoms with van der Waals surface area (Å²) in [5, 5.41) is 6.58. The molecule has 1 aliphatic carbocycles.